The molecule has 2 aliphatic rings. The highest BCUT2D eigenvalue weighted by Gasteiger charge is 2.53. The van der Waals surface area contributed by atoms with Crippen molar-refractivity contribution in [2.45, 2.75) is 19.4 Å². The van der Waals surface area contributed by atoms with Gasteiger partial charge in [-0.1, -0.05) is 6.92 Å². The topological polar surface area (TPSA) is 69.8 Å². The van der Waals surface area contributed by atoms with Gasteiger partial charge in [-0.15, -0.1) is 0 Å². The quantitative estimate of drug-likeness (QED) is 0.668. The van der Waals surface area contributed by atoms with Crippen LogP contribution in [0.1, 0.15) is 12.7 Å². The summed E-state index contributed by atoms with van der Waals surface area (Å²) in [5.74, 6) is 2.93. The van der Waals surface area contributed by atoms with Gasteiger partial charge in [0.2, 0.25) is 0 Å². The number of H-pyrrole nitrogens is 1. The summed E-state index contributed by atoms with van der Waals surface area (Å²) < 4.78 is 0. The maximum atomic E-state index is 11.4. The minimum absolute atomic E-state index is 0.0710. The molecule has 2 heterocycles. The van der Waals surface area contributed by atoms with Crippen LogP contribution in [-0.2, 0) is 6.42 Å². The van der Waals surface area contributed by atoms with Gasteiger partial charge in [0, 0.05) is 31.6 Å². The Balaban J connectivity index is 1.75. The molecule has 3 N–H and O–H groups in total. The molecule has 0 bridgehead atoms. The number of rotatable bonds is 3. The van der Waals surface area contributed by atoms with Gasteiger partial charge in [0.15, 0.2) is 0 Å². The molecule has 5 heteroatoms. The SMILES string of the molecule is CCc1nc(NC2C3CNCC32)cc(=O)[nH]1. The van der Waals surface area contributed by atoms with Crippen LogP contribution in [0, 0.1) is 11.8 Å². The summed E-state index contributed by atoms with van der Waals surface area (Å²) in [5.41, 5.74) is -0.0710. The number of fused-ring (bicyclic) bond motifs is 1. The Morgan fingerprint density at radius 2 is 2.25 bits per heavy atom. The van der Waals surface area contributed by atoms with Crippen molar-refractivity contribution < 1.29 is 0 Å². The fraction of sp³-hybridized carbons (Fsp3) is 0.636. The summed E-state index contributed by atoms with van der Waals surface area (Å²) in [7, 11) is 0. The summed E-state index contributed by atoms with van der Waals surface area (Å²) in [6.07, 6.45) is 0.754. The van der Waals surface area contributed by atoms with Crippen LogP contribution in [0.5, 0.6) is 0 Å². The average Bonchev–Trinajstić information content (AvgIpc) is 2.74. The standard InChI is InChI=1S/C11H16N4O/c1-2-8-13-9(3-10(16)14-8)15-11-6-4-12-5-7(6)11/h3,6-7,11-12H,2,4-5H2,1H3,(H2,13,14,15,16). The number of hydrogen-bond donors (Lipinski definition) is 3. The van der Waals surface area contributed by atoms with Gasteiger partial charge in [-0.2, -0.15) is 0 Å². The van der Waals surface area contributed by atoms with E-state index in [-0.39, 0.29) is 5.56 Å². The van der Waals surface area contributed by atoms with E-state index in [2.05, 4.69) is 20.6 Å². The van der Waals surface area contributed by atoms with Crippen LogP contribution in [-0.4, -0.2) is 29.1 Å². The van der Waals surface area contributed by atoms with Crippen molar-refractivity contribution in [2.75, 3.05) is 18.4 Å². The van der Waals surface area contributed by atoms with Crippen molar-refractivity contribution in [1.82, 2.24) is 15.3 Å². The Kier molecular flexibility index (Phi) is 2.21. The molecule has 1 aromatic rings. The third-order valence-corrected chi connectivity index (χ3v) is 3.53. The molecule has 1 saturated carbocycles. The number of aromatic amines is 1. The van der Waals surface area contributed by atoms with Gasteiger partial charge < -0.3 is 15.6 Å². The monoisotopic (exact) mass is 220 g/mol. The van der Waals surface area contributed by atoms with E-state index in [1.54, 1.807) is 6.07 Å². The zero-order chi connectivity index (χ0) is 11.1. The van der Waals surface area contributed by atoms with E-state index in [1.807, 2.05) is 6.92 Å². The van der Waals surface area contributed by atoms with Gasteiger partial charge in [-0.05, 0) is 11.8 Å². The van der Waals surface area contributed by atoms with Crippen molar-refractivity contribution in [3.63, 3.8) is 0 Å². The molecule has 1 aliphatic heterocycles. The largest absolute Gasteiger partial charge is 0.366 e. The molecule has 1 aromatic heterocycles. The Labute approximate surface area is 93.7 Å². The second kappa shape index (κ2) is 3.59. The highest BCUT2D eigenvalue weighted by Crippen LogP contribution is 2.43. The van der Waals surface area contributed by atoms with E-state index in [1.165, 1.54) is 0 Å². The highest BCUT2D eigenvalue weighted by atomic mass is 16.1. The molecule has 0 radical (unpaired) electrons. The number of piperidine rings is 1. The predicted octanol–water partition coefficient (Wildman–Crippen LogP) is -0.0380. The number of aryl methyl sites for hydroxylation is 1. The van der Waals surface area contributed by atoms with Gasteiger partial charge >= 0.3 is 0 Å². The summed E-state index contributed by atoms with van der Waals surface area (Å²) in [5, 5.41) is 6.71. The van der Waals surface area contributed by atoms with Crippen LogP contribution in [0.2, 0.25) is 0 Å². The highest BCUT2D eigenvalue weighted by molar-refractivity contribution is 5.38. The molecule has 16 heavy (non-hydrogen) atoms. The van der Waals surface area contributed by atoms with Crippen LogP contribution >= 0.6 is 0 Å². The lowest BCUT2D eigenvalue weighted by Gasteiger charge is -2.08. The zero-order valence-electron chi connectivity index (χ0n) is 9.29. The minimum Gasteiger partial charge on any atom is -0.366 e. The normalized spacial score (nSPS) is 31.2. The molecule has 0 spiro atoms. The first kappa shape index (κ1) is 9.84. The first-order valence-corrected chi connectivity index (χ1v) is 5.85. The lowest BCUT2D eigenvalue weighted by Crippen LogP contribution is -2.23. The van der Waals surface area contributed by atoms with Gasteiger partial charge in [-0.25, -0.2) is 4.98 Å². The fourth-order valence-corrected chi connectivity index (χ4v) is 2.55. The smallest absolute Gasteiger partial charge is 0.252 e. The maximum absolute atomic E-state index is 11.4. The van der Waals surface area contributed by atoms with E-state index < -0.39 is 0 Å². The van der Waals surface area contributed by atoms with E-state index in [0.29, 0.717) is 6.04 Å². The average molecular weight is 220 g/mol. The minimum atomic E-state index is -0.0710. The van der Waals surface area contributed by atoms with Crippen LogP contribution in [0.15, 0.2) is 10.9 Å². The van der Waals surface area contributed by atoms with Gasteiger partial charge in [0.25, 0.3) is 5.56 Å². The Morgan fingerprint density at radius 3 is 2.94 bits per heavy atom. The summed E-state index contributed by atoms with van der Waals surface area (Å²) in [6.45, 7) is 4.16. The Morgan fingerprint density at radius 1 is 1.50 bits per heavy atom. The molecule has 2 unspecified atom stereocenters. The van der Waals surface area contributed by atoms with E-state index in [9.17, 15) is 4.79 Å². The Bertz CT molecular complexity index is 446. The third-order valence-electron chi connectivity index (χ3n) is 3.53. The molecular formula is C11H16N4O. The molecule has 3 rings (SSSR count). The molecule has 1 aliphatic carbocycles. The second-order valence-electron chi connectivity index (χ2n) is 4.59. The molecule has 86 valence electrons. The van der Waals surface area contributed by atoms with Crippen molar-refractivity contribution >= 4 is 5.82 Å². The third kappa shape index (κ3) is 1.61. The number of nitrogens with one attached hydrogen (secondary N) is 3. The molecule has 1 saturated heterocycles. The maximum Gasteiger partial charge on any atom is 0.252 e. The molecular weight excluding hydrogens is 204 g/mol. The number of hydrogen-bond acceptors (Lipinski definition) is 4. The number of nitrogens with zero attached hydrogens (tertiary/aromatic N) is 1. The van der Waals surface area contributed by atoms with Crippen molar-refractivity contribution in [2.24, 2.45) is 11.8 Å². The molecule has 0 aromatic carbocycles. The summed E-state index contributed by atoms with van der Waals surface area (Å²) in [6, 6.07) is 2.06. The first-order chi connectivity index (χ1) is 7.78. The van der Waals surface area contributed by atoms with E-state index >= 15 is 0 Å². The lowest BCUT2D eigenvalue weighted by atomic mass is 10.4. The zero-order valence-corrected chi connectivity index (χ0v) is 9.29. The van der Waals surface area contributed by atoms with Crippen LogP contribution < -0.4 is 16.2 Å². The fourth-order valence-electron chi connectivity index (χ4n) is 2.55. The number of anilines is 1. The van der Waals surface area contributed by atoms with Gasteiger partial charge in [0.05, 0.1) is 0 Å². The van der Waals surface area contributed by atoms with E-state index in [0.717, 1.165) is 43.0 Å². The van der Waals surface area contributed by atoms with Crippen LogP contribution in [0.25, 0.3) is 0 Å². The predicted molar refractivity (Wildman–Crippen MR) is 61.5 cm³/mol. The summed E-state index contributed by atoms with van der Waals surface area (Å²) in [4.78, 5) is 18.5. The van der Waals surface area contributed by atoms with E-state index in [4.69, 9.17) is 0 Å². The number of aromatic nitrogens is 2. The Hall–Kier alpha value is -1.36. The summed E-state index contributed by atoms with van der Waals surface area (Å²) >= 11 is 0. The van der Waals surface area contributed by atoms with Crippen LogP contribution in [0.3, 0.4) is 0 Å². The first-order valence-electron chi connectivity index (χ1n) is 5.85. The van der Waals surface area contributed by atoms with Gasteiger partial charge in [-0.3, -0.25) is 4.79 Å². The molecule has 2 fully saturated rings. The van der Waals surface area contributed by atoms with Crippen LogP contribution in [0.4, 0.5) is 5.82 Å². The second-order valence-corrected chi connectivity index (χ2v) is 4.59. The van der Waals surface area contributed by atoms with Gasteiger partial charge in [0.1, 0.15) is 11.6 Å². The molecule has 5 nitrogen and oxygen atoms in total. The molecule has 0 amide bonds. The lowest BCUT2D eigenvalue weighted by molar-refractivity contribution is 0.694. The van der Waals surface area contributed by atoms with Crippen molar-refractivity contribution in [1.29, 1.82) is 0 Å². The van der Waals surface area contributed by atoms with Crippen molar-refractivity contribution in [3.05, 3.63) is 22.2 Å². The van der Waals surface area contributed by atoms with Crippen molar-refractivity contribution in [3.8, 4) is 0 Å². The molecule has 2 atom stereocenters.